The molecule has 10 heteroatoms. The van der Waals surface area contributed by atoms with Gasteiger partial charge in [0, 0.05) is 12.2 Å². The molecule has 0 aliphatic heterocycles. The number of ether oxygens (including phenoxy) is 1. The summed E-state index contributed by atoms with van der Waals surface area (Å²) in [4.78, 5) is 11.9. The minimum atomic E-state index is -4.65. The lowest BCUT2D eigenvalue weighted by atomic mass is 10.0. The summed E-state index contributed by atoms with van der Waals surface area (Å²) in [5.74, 6) is -1.12. The first-order valence-corrected chi connectivity index (χ1v) is 9.11. The molecule has 0 heterocycles. The number of nitrogens with zero attached hydrogens (tertiary/aromatic N) is 1. The summed E-state index contributed by atoms with van der Waals surface area (Å²) in [5, 5.41) is 11.5. The molecule has 0 spiro atoms. The van der Waals surface area contributed by atoms with Gasteiger partial charge in [-0.3, -0.25) is 0 Å². The van der Waals surface area contributed by atoms with Crippen LogP contribution in [0.4, 0.5) is 13.2 Å². The van der Waals surface area contributed by atoms with E-state index in [0.29, 0.717) is 0 Å². The van der Waals surface area contributed by atoms with Crippen molar-refractivity contribution in [2.24, 2.45) is 0 Å². The molecule has 6 nitrogen and oxygen atoms in total. The van der Waals surface area contributed by atoms with E-state index < -0.39 is 34.5 Å². The van der Waals surface area contributed by atoms with E-state index in [-0.39, 0.29) is 42.0 Å². The minimum absolute atomic E-state index is 0.0419. The van der Waals surface area contributed by atoms with Crippen LogP contribution in [-0.4, -0.2) is 21.3 Å². The highest BCUT2D eigenvalue weighted by atomic mass is 32.2. The van der Waals surface area contributed by atoms with Gasteiger partial charge in [0.2, 0.25) is 0 Å². The highest BCUT2D eigenvalue weighted by Gasteiger charge is 2.33. The van der Waals surface area contributed by atoms with Gasteiger partial charge in [-0.05, 0) is 31.0 Å². The van der Waals surface area contributed by atoms with Crippen LogP contribution in [-0.2, 0) is 39.1 Å². The fourth-order valence-corrected chi connectivity index (χ4v) is 2.73. The van der Waals surface area contributed by atoms with Crippen molar-refractivity contribution in [3.05, 3.63) is 46.2 Å². The molecule has 1 aromatic carbocycles. The SMILES string of the molecule is CCOC(=O)/C(CC#N)=C(/C)NCc1ccc(CS(=O)O)cc1C(F)(F)F. The maximum absolute atomic E-state index is 13.3. The Morgan fingerprint density at radius 1 is 1.41 bits per heavy atom. The van der Waals surface area contributed by atoms with Gasteiger partial charge in [0.15, 0.2) is 11.1 Å². The Morgan fingerprint density at radius 3 is 2.59 bits per heavy atom. The van der Waals surface area contributed by atoms with Crippen LogP contribution in [0.15, 0.2) is 29.5 Å². The van der Waals surface area contributed by atoms with Gasteiger partial charge in [-0.25, -0.2) is 9.00 Å². The summed E-state index contributed by atoms with van der Waals surface area (Å²) in [6.07, 6.45) is -4.90. The average Bonchev–Trinajstić information content (AvgIpc) is 2.57. The van der Waals surface area contributed by atoms with Crippen LogP contribution in [0.25, 0.3) is 0 Å². The Bertz CT molecular complexity index is 785. The molecule has 27 heavy (non-hydrogen) atoms. The first-order chi connectivity index (χ1) is 12.6. The van der Waals surface area contributed by atoms with Crippen LogP contribution < -0.4 is 5.32 Å². The number of benzene rings is 1. The monoisotopic (exact) mass is 404 g/mol. The fourth-order valence-electron chi connectivity index (χ4n) is 2.26. The molecule has 1 aromatic rings. The predicted octanol–water partition coefficient (Wildman–Crippen LogP) is 3.27. The van der Waals surface area contributed by atoms with Crippen molar-refractivity contribution < 1.29 is 31.5 Å². The van der Waals surface area contributed by atoms with Crippen molar-refractivity contribution >= 4 is 17.0 Å². The second-order valence-corrected chi connectivity index (χ2v) is 6.40. The highest BCUT2D eigenvalue weighted by molar-refractivity contribution is 7.78. The van der Waals surface area contributed by atoms with Crippen molar-refractivity contribution in [1.29, 1.82) is 5.26 Å². The van der Waals surface area contributed by atoms with Gasteiger partial charge in [-0.15, -0.1) is 0 Å². The Balaban J connectivity index is 3.13. The average molecular weight is 404 g/mol. The van der Waals surface area contributed by atoms with E-state index >= 15 is 0 Å². The van der Waals surface area contributed by atoms with Crippen molar-refractivity contribution in [1.82, 2.24) is 5.32 Å². The van der Waals surface area contributed by atoms with Gasteiger partial charge in [-0.1, -0.05) is 12.1 Å². The molecule has 1 unspecified atom stereocenters. The van der Waals surface area contributed by atoms with Crippen LogP contribution in [0.2, 0.25) is 0 Å². The van der Waals surface area contributed by atoms with Gasteiger partial charge in [0.25, 0.3) is 0 Å². The molecule has 2 N–H and O–H groups in total. The maximum Gasteiger partial charge on any atom is 0.416 e. The molecule has 0 fully saturated rings. The first kappa shape index (κ1) is 22.7. The normalized spacial score (nSPS) is 13.4. The number of alkyl halides is 3. The van der Waals surface area contributed by atoms with E-state index in [1.807, 2.05) is 6.07 Å². The Morgan fingerprint density at radius 2 is 2.07 bits per heavy atom. The van der Waals surface area contributed by atoms with Crippen LogP contribution in [0.5, 0.6) is 0 Å². The molecule has 0 aliphatic carbocycles. The second-order valence-electron chi connectivity index (χ2n) is 5.47. The van der Waals surface area contributed by atoms with Crippen molar-refractivity contribution in [2.75, 3.05) is 6.61 Å². The van der Waals surface area contributed by atoms with Crippen LogP contribution in [0.3, 0.4) is 0 Å². The van der Waals surface area contributed by atoms with Gasteiger partial charge in [0.05, 0.1) is 36.0 Å². The highest BCUT2D eigenvalue weighted by Crippen LogP contribution is 2.33. The number of rotatable bonds is 8. The van der Waals surface area contributed by atoms with Gasteiger partial charge in [-0.2, -0.15) is 18.4 Å². The third-order valence-electron chi connectivity index (χ3n) is 3.54. The van der Waals surface area contributed by atoms with Crippen molar-refractivity contribution in [2.45, 2.75) is 38.7 Å². The van der Waals surface area contributed by atoms with Crippen LogP contribution in [0, 0.1) is 11.3 Å². The number of carbonyl (C=O) groups is 1. The molecule has 1 atom stereocenters. The van der Waals surface area contributed by atoms with E-state index in [2.05, 4.69) is 5.32 Å². The number of hydrogen-bond acceptors (Lipinski definition) is 5. The molecule has 148 valence electrons. The van der Waals surface area contributed by atoms with E-state index in [1.54, 1.807) is 6.92 Å². The van der Waals surface area contributed by atoms with E-state index in [1.165, 1.54) is 19.1 Å². The van der Waals surface area contributed by atoms with Crippen LogP contribution >= 0.6 is 0 Å². The number of carbonyl (C=O) groups excluding carboxylic acids is 1. The topological polar surface area (TPSA) is 99.4 Å². The zero-order chi connectivity index (χ0) is 20.6. The summed E-state index contributed by atoms with van der Waals surface area (Å²) in [7, 11) is 0. The Kier molecular flexibility index (Phi) is 8.46. The smallest absolute Gasteiger partial charge is 0.416 e. The van der Waals surface area contributed by atoms with Crippen LogP contribution in [0.1, 0.15) is 37.0 Å². The number of nitriles is 1. The lowest BCUT2D eigenvalue weighted by molar-refractivity contribution is -0.139. The third kappa shape index (κ3) is 7.03. The largest absolute Gasteiger partial charge is 0.463 e. The quantitative estimate of drug-likeness (QED) is 0.392. The summed E-state index contributed by atoms with van der Waals surface area (Å²) in [5.41, 5.74) is -0.682. The molecule has 0 saturated heterocycles. The molecule has 0 amide bonds. The Labute approximate surface area is 157 Å². The zero-order valence-electron chi connectivity index (χ0n) is 14.7. The van der Waals surface area contributed by atoms with Crippen molar-refractivity contribution in [3.63, 3.8) is 0 Å². The third-order valence-corrected chi connectivity index (χ3v) is 4.12. The Hall–Kier alpha value is -2.38. The molecule has 0 bridgehead atoms. The summed E-state index contributed by atoms with van der Waals surface area (Å²) >= 11 is -2.26. The number of halogens is 3. The second kappa shape index (κ2) is 10.1. The molecule has 1 rings (SSSR count). The summed E-state index contributed by atoms with van der Waals surface area (Å²) in [6, 6.07) is 5.18. The van der Waals surface area contributed by atoms with Gasteiger partial charge >= 0.3 is 12.1 Å². The number of esters is 1. The molecule has 0 saturated carbocycles. The number of allylic oxidation sites excluding steroid dienone is 1. The molecule has 0 aliphatic rings. The predicted molar refractivity (Wildman–Crippen MR) is 92.3 cm³/mol. The molecular weight excluding hydrogens is 385 g/mol. The van der Waals surface area contributed by atoms with Gasteiger partial charge in [0.1, 0.15) is 0 Å². The number of nitrogens with one attached hydrogen (secondary N) is 1. The first-order valence-electron chi connectivity index (χ1n) is 7.84. The molecule has 0 aromatic heterocycles. The minimum Gasteiger partial charge on any atom is -0.463 e. The lowest BCUT2D eigenvalue weighted by Gasteiger charge is -2.16. The maximum atomic E-state index is 13.3. The van der Waals surface area contributed by atoms with E-state index in [9.17, 15) is 22.2 Å². The summed E-state index contributed by atoms with van der Waals surface area (Å²) < 4.78 is 64.4. The zero-order valence-corrected chi connectivity index (χ0v) is 15.5. The standard InChI is InChI=1S/C17H19F3N2O4S/c1-3-26-16(23)14(6-7-21)11(2)22-9-13-5-4-12(10-27(24)25)8-15(13)17(18,19)20/h4-5,8,22H,3,6,9-10H2,1-2H3,(H,24,25)/b14-11-. The van der Waals surface area contributed by atoms with Crippen molar-refractivity contribution in [3.8, 4) is 6.07 Å². The fraction of sp³-hybridized carbons (Fsp3) is 0.412. The lowest BCUT2D eigenvalue weighted by Crippen LogP contribution is -2.20. The molecular formula is C17H19F3N2O4S. The van der Waals surface area contributed by atoms with Gasteiger partial charge < -0.3 is 14.6 Å². The van der Waals surface area contributed by atoms with E-state index in [4.69, 9.17) is 14.6 Å². The molecule has 0 radical (unpaired) electrons. The summed E-state index contributed by atoms with van der Waals surface area (Å²) in [6.45, 7) is 2.92. The van der Waals surface area contributed by atoms with E-state index in [0.717, 1.165) is 6.07 Å². The number of hydrogen-bond donors (Lipinski definition) is 2.